The molecular formula is C15H17N3O. The molecule has 0 unspecified atom stereocenters. The van der Waals surface area contributed by atoms with E-state index in [1.807, 2.05) is 12.1 Å². The number of aromatic nitrogens is 1. The second-order valence-electron chi connectivity index (χ2n) is 4.33. The fourth-order valence-electron chi connectivity index (χ4n) is 1.79. The van der Waals surface area contributed by atoms with E-state index >= 15 is 0 Å². The average Bonchev–Trinajstić information content (AvgIpc) is 2.40. The van der Waals surface area contributed by atoms with Crippen molar-refractivity contribution < 1.29 is 4.79 Å². The van der Waals surface area contributed by atoms with Gasteiger partial charge in [-0.05, 0) is 31.0 Å². The average molecular weight is 255 g/mol. The number of hydrogen-bond acceptors (Lipinski definition) is 2. The van der Waals surface area contributed by atoms with Crippen LogP contribution in [0, 0.1) is 6.92 Å². The molecule has 0 bridgehead atoms. The molecule has 2 amide bonds. The van der Waals surface area contributed by atoms with Crippen molar-refractivity contribution in [3.63, 3.8) is 0 Å². The molecule has 0 radical (unpaired) electrons. The van der Waals surface area contributed by atoms with E-state index in [2.05, 4.69) is 40.7 Å². The maximum absolute atomic E-state index is 11.6. The molecule has 2 aromatic rings. The maximum Gasteiger partial charge on any atom is 0.320 e. The summed E-state index contributed by atoms with van der Waals surface area (Å²) in [4.78, 5) is 15.6. The lowest BCUT2D eigenvalue weighted by Gasteiger charge is -2.07. The number of nitrogens with zero attached hydrogens (tertiary/aromatic N) is 1. The number of carbonyl (C=O) groups excluding carboxylic acids is 1. The van der Waals surface area contributed by atoms with Crippen molar-refractivity contribution in [1.29, 1.82) is 0 Å². The number of anilines is 1. The zero-order chi connectivity index (χ0) is 13.5. The van der Waals surface area contributed by atoms with Gasteiger partial charge in [-0.3, -0.25) is 5.32 Å². The van der Waals surface area contributed by atoms with Crippen molar-refractivity contribution in [1.82, 2.24) is 10.3 Å². The number of nitrogens with one attached hydrogen (secondary N) is 2. The van der Waals surface area contributed by atoms with Gasteiger partial charge in [0.1, 0.15) is 5.82 Å². The predicted octanol–water partition coefficient (Wildman–Crippen LogP) is 2.75. The van der Waals surface area contributed by atoms with E-state index in [4.69, 9.17) is 0 Å². The van der Waals surface area contributed by atoms with Gasteiger partial charge in [-0.25, -0.2) is 9.78 Å². The summed E-state index contributed by atoms with van der Waals surface area (Å²) in [6, 6.07) is 13.4. The van der Waals surface area contributed by atoms with Crippen molar-refractivity contribution in [3.8, 4) is 0 Å². The lowest BCUT2D eigenvalue weighted by atomic mass is 10.1. The van der Waals surface area contributed by atoms with Gasteiger partial charge in [-0.2, -0.15) is 0 Å². The SMILES string of the molecule is Cc1cccc(CCNC(=O)Nc2ccccn2)c1. The highest BCUT2D eigenvalue weighted by atomic mass is 16.2. The van der Waals surface area contributed by atoms with Gasteiger partial charge < -0.3 is 5.32 Å². The number of pyridine rings is 1. The largest absolute Gasteiger partial charge is 0.337 e. The highest BCUT2D eigenvalue weighted by Gasteiger charge is 2.01. The highest BCUT2D eigenvalue weighted by Crippen LogP contribution is 2.04. The Hall–Kier alpha value is -2.36. The van der Waals surface area contributed by atoms with Crippen LogP contribution in [0.25, 0.3) is 0 Å². The van der Waals surface area contributed by atoms with Crippen LogP contribution in [0.2, 0.25) is 0 Å². The Balaban J connectivity index is 1.75. The van der Waals surface area contributed by atoms with Crippen LogP contribution in [-0.2, 0) is 6.42 Å². The van der Waals surface area contributed by atoms with Crippen molar-refractivity contribution in [2.45, 2.75) is 13.3 Å². The molecule has 0 aliphatic carbocycles. The molecule has 1 aromatic heterocycles. The van der Waals surface area contributed by atoms with Crippen LogP contribution < -0.4 is 10.6 Å². The van der Waals surface area contributed by atoms with Gasteiger partial charge in [0.15, 0.2) is 0 Å². The molecule has 0 fully saturated rings. The highest BCUT2D eigenvalue weighted by molar-refractivity contribution is 5.88. The number of carbonyl (C=O) groups is 1. The van der Waals surface area contributed by atoms with Crippen molar-refractivity contribution >= 4 is 11.8 Å². The molecule has 2 N–H and O–H groups in total. The van der Waals surface area contributed by atoms with Crippen LogP contribution in [0.1, 0.15) is 11.1 Å². The first kappa shape index (κ1) is 13.1. The van der Waals surface area contributed by atoms with Gasteiger partial charge in [0, 0.05) is 12.7 Å². The fraction of sp³-hybridized carbons (Fsp3) is 0.200. The number of aryl methyl sites for hydroxylation is 1. The summed E-state index contributed by atoms with van der Waals surface area (Å²) in [5.74, 6) is 0.551. The standard InChI is InChI=1S/C15H17N3O/c1-12-5-4-6-13(11-12)8-10-17-15(19)18-14-7-2-3-9-16-14/h2-7,9,11H,8,10H2,1H3,(H2,16,17,18,19). The molecule has 19 heavy (non-hydrogen) atoms. The molecule has 0 aliphatic heterocycles. The molecular weight excluding hydrogens is 238 g/mol. The topological polar surface area (TPSA) is 54.0 Å². The van der Waals surface area contributed by atoms with Gasteiger partial charge in [0.05, 0.1) is 0 Å². The number of benzene rings is 1. The van der Waals surface area contributed by atoms with Crippen LogP contribution >= 0.6 is 0 Å². The molecule has 2 rings (SSSR count). The van der Waals surface area contributed by atoms with Crippen LogP contribution in [-0.4, -0.2) is 17.6 Å². The number of urea groups is 1. The second kappa shape index (κ2) is 6.54. The normalized spacial score (nSPS) is 9.95. The third-order valence-electron chi connectivity index (χ3n) is 2.69. The quantitative estimate of drug-likeness (QED) is 0.882. The van der Waals surface area contributed by atoms with E-state index < -0.39 is 0 Å². The minimum atomic E-state index is -0.230. The monoisotopic (exact) mass is 255 g/mol. The molecule has 0 aliphatic rings. The first-order valence-electron chi connectivity index (χ1n) is 6.25. The van der Waals surface area contributed by atoms with Crippen LogP contribution in [0.3, 0.4) is 0 Å². The zero-order valence-corrected chi connectivity index (χ0v) is 10.9. The summed E-state index contributed by atoms with van der Waals surface area (Å²) in [6.45, 7) is 2.66. The minimum Gasteiger partial charge on any atom is -0.337 e. The summed E-state index contributed by atoms with van der Waals surface area (Å²) in [5, 5.41) is 5.49. The Morgan fingerprint density at radius 1 is 1.21 bits per heavy atom. The zero-order valence-electron chi connectivity index (χ0n) is 10.9. The van der Waals surface area contributed by atoms with Gasteiger partial charge in [-0.15, -0.1) is 0 Å². The number of amides is 2. The molecule has 0 saturated carbocycles. The molecule has 1 heterocycles. The molecule has 0 spiro atoms. The number of hydrogen-bond donors (Lipinski definition) is 2. The minimum absolute atomic E-state index is 0.230. The Kier molecular flexibility index (Phi) is 4.50. The summed E-state index contributed by atoms with van der Waals surface area (Å²) >= 11 is 0. The summed E-state index contributed by atoms with van der Waals surface area (Å²) < 4.78 is 0. The third kappa shape index (κ3) is 4.43. The smallest absolute Gasteiger partial charge is 0.320 e. The molecule has 4 nitrogen and oxygen atoms in total. The van der Waals surface area contributed by atoms with E-state index in [0.29, 0.717) is 12.4 Å². The maximum atomic E-state index is 11.6. The van der Waals surface area contributed by atoms with Crippen LogP contribution in [0.4, 0.5) is 10.6 Å². The van der Waals surface area contributed by atoms with Gasteiger partial charge in [0.25, 0.3) is 0 Å². The molecule has 0 atom stereocenters. The molecule has 4 heteroatoms. The van der Waals surface area contributed by atoms with E-state index in [-0.39, 0.29) is 6.03 Å². The lowest BCUT2D eigenvalue weighted by Crippen LogP contribution is -2.30. The molecule has 1 aromatic carbocycles. The van der Waals surface area contributed by atoms with Crippen LogP contribution in [0.5, 0.6) is 0 Å². The van der Waals surface area contributed by atoms with Crippen LogP contribution in [0.15, 0.2) is 48.7 Å². The van der Waals surface area contributed by atoms with Gasteiger partial charge in [0.2, 0.25) is 0 Å². The second-order valence-corrected chi connectivity index (χ2v) is 4.33. The predicted molar refractivity (Wildman–Crippen MR) is 76.1 cm³/mol. The van der Waals surface area contributed by atoms with E-state index in [9.17, 15) is 4.79 Å². The van der Waals surface area contributed by atoms with Crippen molar-refractivity contribution in [2.24, 2.45) is 0 Å². The first-order valence-corrected chi connectivity index (χ1v) is 6.25. The lowest BCUT2D eigenvalue weighted by molar-refractivity contribution is 0.252. The van der Waals surface area contributed by atoms with E-state index in [1.54, 1.807) is 18.3 Å². The Morgan fingerprint density at radius 2 is 2.11 bits per heavy atom. The Morgan fingerprint density at radius 3 is 2.84 bits per heavy atom. The van der Waals surface area contributed by atoms with Gasteiger partial charge in [-0.1, -0.05) is 35.9 Å². The molecule has 0 saturated heterocycles. The summed E-state index contributed by atoms with van der Waals surface area (Å²) in [7, 11) is 0. The van der Waals surface area contributed by atoms with Crippen molar-refractivity contribution in [3.05, 3.63) is 59.8 Å². The molecule has 98 valence electrons. The summed E-state index contributed by atoms with van der Waals surface area (Å²) in [6.07, 6.45) is 2.46. The third-order valence-corrected chi connectivity index (χ3v) is 2.69. The van der Waals surface area contributed by atoms with Gasteiger partial charge >= 0.3 is 6.03 Å². The van der Waals surface area contributed by atoms with E-state index in [1.165, 1.54) is 11.1 Å². The van der Waals surface area contributed by atoms with E-state index in [0.717, 1.165) is 6.42 Å². The Labute approximate surface area is 112 Å². The Bertz CT molecular complexity index is 540. The number of rotatable bonds is 4. The van der Waals surface area contributed by atoms with Crippen molar-refractivity contribution in [2.75, 3.05) is 11.9 Å². The fourth-order valence-corrected chi connectivity index (χ4v) is 1.79. The summed E-state index contributed by atoms with van der Waals surface area (Å²) in [5.41, 5.74) is 2.45. The first-order chi connectivity index (χ1) is 9.24.